The van der Waals surface area contributed by atoms with Crippen LogP contribution in [-0.2, 0) is 0 Å². The van der Waals surface area contributed by atoms with Crippen LogP contribution in [0.15, 0.2) is 28.8 Å². The summed E-state index contributed by atoms with van der Waals surface area (Å²) in [4.78, 5) is 16.7. The van der Waals surface area contributed by atoms with Crippen molar-refractivity contribution in [3.8, 4) is 17.0 Å². The summed E-state index contributed by atoms with van der Waals surface area (Å²) in [6.07, 6.45) is -0.866. The number of rotatable bonds is 4. The first-order valence-corrected chi connectivity index (χ1v) is 8.31. The Morgan fingerprint density at radius 3 is 2.44 bits per heavy atom. The number of carbonyl (C=O) groups excluding carboxylic acids is 1. The highest BCUT2D eigenvalue weighted by Crippen LogP contribution is 2.32. The van der Waals surface area contributed by atoms with Crippen molar-refractivity contribution in [1.29, 1.82) is 0 Å². The molecule has 0 aliphatic carbocycles. The van der Waals surface area contributed by atoms with Gasteiger partial charge in [-0.1, -0.05) is 5.16 Å². The highest BCUT2D eigenvalue weighted by Gasteiger charge is 2.30. The van der Waals surface area contributed by atoms with Crippen LogP contribution in [0.25, 0.3) is 11.3 Å². The molecule has 1 fully saturated rings. The number of aliphatic hydroxyl groups is 1. The number of aromatic nitrogens is 1. The molecule has 0 spiro atoms. The molecule has 7 heteroatoms. The van der Waals surface area contributed by atoms with Gasteiger partial charge in [-0.05, 0) is 38.2 Å². The fourth-order valence-electron chi connectivity index (χ4n) is 2.95. The molecule has 3 rings (SSSR count). The van der Waals surface area contributed by atoms with Gasteiger partial charge in [-0.15, -0.1) is 0 Å². The Hall–Kier alpha value is -2.38. The predicted molar refractivity (Wildman–Crippen MR) is 92.5 cm³/mol. The number of likely N-dealkylation sites (N-methyl/N-ethyl adjacent to an activating group) is 1. The molecule has 1 atom stereocenters. The van der Waals surface area contributed by atoms with Gasteiger partial charge >= 0.3 is 0 Å². The van der Waals surface area contributed by atoms with Crippen LogP contribution >= 0.6 is 0 Å². The maximum atomic E-state index is 12.8. The minimum absolute atomic E-state index is 0.116. The number of benzene rings is 1. The molecule has 7 nitrogen and oxygen atoms in total. The number of methoxy groups -OCH3 is 1. The van der Waals surface area contributed by atoms with Gasteiger partial charge in [0, 0.05) is 31.7 Å². The minimum Gasteiger partial charge on any atom is -0.497 e. The molecule has 0 saturated carbocycles. The zero-order valence-electron chi connectivity index (χ0n) is 14.7. The molecule has 1 aromatic heterocycles. The quantitative estimate of drug-likeness (QED) is 0.910. The number of nitrogens with zero attached hydrogens (tertiary/aromatic N) is 3. The molecule has 25 heavy (non-hydrogen) atoms. The van der Waals surface area contributed by atoms with Crippen LogP contribution in [0, 0.1) is 0 Å². The molecule has 1 aliphatic rings. The Balaban J connectivity index is 1.92. The first-order valence-electron chi connectivity index (χ1n) is 8.31. The van der Waals surface area contributed by atoms with Gasteiger partial charge in [0.25, 0.3) is 5.91 Å². The summed E-state index contributed by atoms with van der Waals surface area (Å²) < 4.78 is 10.5. The smallest absolute Gasteiger partial charge is 0.292 e. The monoisotopic (exact) mass is 345 g/mol. The molecule has 1 N–H and O–H groups in total. The van der Waals surface area contributed by atoms with Gasteiger partial charge in [-0.3, -0.25) is 4.79 Å². The first kappa shape index (κ1) is 17.4. The Bertz CT molecular complexity index is 731. The number of hydrogen-bond donors (Lipinski definition) is 1. The van der Waals surface area contributed by atoms with Crippen molar-refractivity contribution in [2.45, 2.75) is 13.0 Å². The fourth-order valence-corrected chi connectivity index (χ4v) is 2.95. The van der Waals surface area contributed by atoms with Gasteiger partial charge in [0.1, 0.15) is 11.4 Å². The third-order valence-electron chi connectivity index (χ3n) is 4.49. The SMILES string of the molecule is COc1ccc(-c2noc(C(=O)N3CCN(C)CC3)c2C(C)O)cc1. The Morgan fingerprint density at radius 1 is 1.24 bits per heavy atom. The molecule has 1 amide bonds. The largest absolute Gasteiger partial charge is 0.497 e. The zero-order valence-corrected chi connectivity index (χ0v) is 14.7. The maximum absolute atomic E-state index is 12.8. The molecular formula is C18H23N3O4. The second-order valence-electron chi connectivity index (χ2n) is 6.27. The van der Waals surface area contributed by atoms with Gasteiger partial charge in [0.2, 0.25) is 5.76 Å². The summed E-state index contributed by atoms with van der Waals surface area (Å²) in [5.74, 6) is 0.612. The van der Waals surface area contributed by atoms with Crippen LogP contribution in [0.3, 0.4) is 0 Å². The van der Waals surface area contributed by atoms with Gasteiger partial charge in [0.05, 0.1) is 18.8 Å². The van der Waals surface area contributed by atoms with Gasteiger partial charge in [-0.25, -0.2) is 0 Å². The van der Waals surface area contributed by atoms with Gasteiger partial charge < -0.3 is 24.2 Å². The Labute approximate surface area is 146 Å². The number of amides is 1. The normalized spacial score (nSPS) is 16.7. The lowest BCUT2D eigenvalue weighted by Gasteiger charge is -2.31. The van der Waals surface area contributed by atoms with E-state index < -0.39 is 6.10 Å². The van der Waals surface area contributed by atoms with Crippen LogP contribution in [0.4, 0.5) is 0 Å². The Kier molecular flexibility index (Phi) is 5.06. The zero-order chi connectivity index (χ0) is 18.0. The lowest BCUT2D eigenvalue weighted by Crippen LogP contribution is -2.47. The first-order chi connectivity index (χ1) is 12.0. The van der Waals surface area contributed by atoms with Crippen molar-refractivity contribution in [3.63, 3.8) is 0 Å². The third kappa shape index (κ3) is 3.52. The highest BCUT2D eigenvalue weighted by atomic mass is 16.5. The van der Waals surface area contributed by atoms with E-state index in [9.17, 15) is 9.90 Å². The number of carbonyl (C=O) groups is 1. The fraction of sp³-hybridized carbons (Fsp3) is 0.444. The van der Waals surface area contributed by atoms with Crippen molar-refractivity contribution >= 4 is 5.91 Å². The average Bonchev–Trinajstić information content (AvgIpc) is 3.07. The molecule has 1 saturated heterocycles. The number of ether oxygens (including phenoxy) is 1. The van der Waals surface area contributed by atoms with E-state index in [0.29, 0.717) is 24.3 Å². The lowest BCUT2D eigenvalue weighted by atomic mass is 10.0. The topological polar surface area (TPSA) is 79.0 Å². The van der Waals surface area contributed by atoms with Crippen molar-refractivity contribution in [1.82, 2.24) is 15.0 Å². The summed E-state index contributed by atoms with van der Waals surface area (Å²) in [6.45, 7) is 4.51. The Morgan fingerprint density at radius 2 is 1.88 bits per heavy atom. The average molecular weight is 345 g/mol. The molecule has 0 radical (unpaired) electrons. The van der Waals surface area contributed by atoms with Gasteiger partial charge in [0.15, 0.2) is 0 Å². The van der Waals surface area contributed by atoms with E-state index in [1.54, 1.807) is 31.1 Å². The maximum Gasteiger partial charge on any atom is 0.292 e. The summed E-state index contributed by atoms with van der Waals surface area (Å²) in [7, 11) is 3.62. The third-order valence-corrected chi connectivity index (χ3v) is 4.49. The molecular weight excluding hydrogens is 322 g/mol. The van der Waals surface area contributed by atoms with Crippen LogP contribution < -0.4 is 4.74 Å². The highest BCUT2D eigenvalue weighted by molar-refractivity contribution is 5.94. The molecule has 1 unspecified atom stereocenters. The van der Waals surface area contributed by atoms with E-state index in [2.05, 4.69) is 10.1 Å². The van der Waals surface area contributed by atoms with E-state index in [0.717, 1.165) is 24.4 Å². The number of aliphatic hydroxyl groups excluding tert-OH is 1. The minimum atomic E-state index is -0.866. The number of piperazine rings is 1. The second-order valence-corrected chi connectivity index (χ2v) is 6.27. The van der Waals surface area contributed by atoms with Crippen molar-refractivity contribution in [3.05, 3.63) is 35.6 Å². The molecule has 2 heterocycles. The van der Waals surface area contributed by atoms with Crippen LogP contribution in [0.2, 0.25) is 0 Å². The van der Waals surface area contributed by atoms with Crippen LogP contribution in [0.5, 0.6) is 5.75 Å². The van der Waals surface area contributed by atoms with E-state index in [1.165, 1.54) is 0 Å². The summed E-state index contributed by atoms with van der Waals surface area (Å²) in [5, 5.41) is 14.3. The molecule has 0 bridgehead atoms. The van der Waals surface area contributed by atoms with E-state index >= 15 is 0 Å². The lowest BCUT2D eigenvalue weighted by molar-refractivity contribution is 0.0615. The van der Waals surface area contributed by atoms with Crippen molar-refractivity contribution in [2.75, 3.05) is 40.3 Å². The van der Waals surface area contributed by atoms with Gasteiger partial charge in [-0.2, -0.15) is 0 Å². The predicted octanol–water partition coefficient (Wildman–Crippen LogP) is 1.79. The molecule has 1 aliphatic heterocycles. The summed E-state index contributed by atoms with van der Waals surface area (Å²) >= 11 is 0. The van der Waals surface area contributed by atoms with Crippen LogP contribution in [0.1, 0.15) is 29.1 Å². The molecule has 134 valence electrons. The van der Waals surface area contributed by atoms with E-state index in [4.69, 9.17) is 9.26 Å². The molecule has 2 aromatic rings. The van der Waals surface area contributed by atoms with Crippen molar-refractivity contribution in [2.24, 2.45) is 0 Å². The summed E-state index contributed by atoms with van der Waals surface area (Å²) in [6, 6.07) is 7.26. The van der Waals surface area contributed by atoms with Crippen molar-refractivity contribution < 1.29 is 19.2 Å². The van der Waals surface area contributed by atoms with Crippen LogP contribution in [-0.4, -0.2) is 66.3 Å². The molecule has 1 aromatic carbocycles. The summed E-state index contributed by atoms with van der Waals surface area (Å²) in [5.41, 5.74) is 1.67. The van der Waals surface area contributed by atoms with E-state index in [1.807, 2.05) is 19.2 Å². The number of hydrogen-bond acceptors (Lipinski definition) is 6. The second kappa shape index (κ2) is 7.25. The standard InChI is InChI=1S/C18H23N3O4/c1-12(22)15-16(13-4-6-14(24-3)7-5-13)19-25-17(15)18(23)21-10-8-20(2)9-11-21/h4-7,12,22H,8-11H2,1-3H3. The van der Waals surface area contributed by atoms with E-state index in [-0.39, 0.29) is 11.7 Å².